The summed E-state index contributed by atoms with van der Waals surface area (Å²) in [5, 5.41) is 0. The molecule has 0 amide bonds. The summed E-state index contributed by atoms with van der Waals surface area (Å²) in [6.45, 7) is 2.34. The smallest absolute Gasteiger partial charge is 0.339 e. The van der Waals surface area contributed by atoms with Gasteiger partial charge in [-0.05, 0) is 35.0 Å². The summed E-state index contributed by atoms with van der Waals surface area (Å²) in [6, 6.07) is 7.24. The van der Waals surface area contributed by atoms with Crippen LogP contribution in [0.2, 0.25) is 0 Å². The fourth-order valence-electron chi connectivity index (χ4n) is 1.51. The second-order valence-electron chi connectivity index (χ2n) is 3.73. The molecule has 2 aromatic rings. The van der Waals surface area contributed by atoms with Crippen molar-refractivity contribution >= 4 is 33.2 Å². The summed E-state index contributed by atoms with van der Waals surface area (Å²) in [7, 11) is 0. The number of ether oxygens (including phenoxy) is 1. The van der Waals surface area contributed by atoms with Crippen LogP contribution in [0.25, 0.3) is 0 Å². The Kier molecular flexibility index (Phi) is 4.49. The molecule has 0 saturated heterocycles. The van der Waals surface area contributed by atoms with Crippen LogP contribution in [0, 0.1) is 6.92 Å². The second kappa shape index (κ2) is 6.11. The molecule has 3 nitrogen and oxygen atoms in total. The van der Waals surface area contributed by atoms with Crippen molar-refractivity contribution in [3.8, 4) is 0 Å². The minimum Gasteiger partial charge on any atom is -0.462 e. The highest BCUT2D eigenvalue weighted by atomic mass is 79.9. The SMILES string of the molecule is Cc1ncsc1CCOC(=O)c1ccccc1Br. The lowest BCUT2D eigenvalue weighted by Crippen LogP contribution is -2.08. The van der Waals surface area contributed by atoms with Gasteiger partial charge in [0.25, 0.3) is 0 Å². The van der Waals surface area contributed by atoms with Crippen molar-refractivity contribution in [1.29, 1.82) is 0 Å². The minimum absolute atomic E-state index is 0.301. The quantitative estimate of drug-likeness (QED) is 0.806. The normalized spacial score (nSPS) is 10.3. The van der Waals surface area contributed by atoms with Crippen LogP contribution in [0.1, 0.15) is 20.9 Å². The molecule has 0 atom stereocenters. The maximum Gasteiger partial charge on any atom is 0.339 e. The monoisotopic (exact) mass is 325 g/mol. The van der Waals surface area contributed by atoms with Gasteiger partial charge in [0.15, 0.2) is 0 Å². The van der Waals surface area contributed by atoms with Crippen LogP contribution in [0.15, 0.2) is 34.2 Å². The highest BCUT2D eigenvalue weighted by Crippen LogP contribution is 2.17. The molecule has 2 rings (SSSR count). The van der Waals surface area contributed by atoms with Crippen molar-refractivity contribution in [2.75, 3.05) is 6.61 Å². The third-order valence-corrected chi connectivity index (χ3v) is 4.19. The summed E-state index contributed by atoms with van der Waals surface area (Å²) in [4.78, 5) is 17.1. The van der Waals surface area contributed by atoms with Crippen molar-refractivity contribution in [2.45, 2.75) is 13.3 Å². The van der Waals surface area contributed by atoms with Gasteiger partial charge in [0.1, 0.15) is 0 Å². The van der Waals surface area contributed by atoms with E-state index in [0.717, 1.165) is 15.0 Å². The van der Waals surface area contributed by atoms with Crippen molar-refractivity contribution in [3.63, 3.8) is 0 Å². The van der Waals surface area contributed by atoms with E-state index in [1.165, 1.54) is 0 Å². The van der Waals surface area contributed by atoms with E-state index in [0.29, 0.717) is 18.6 Å². The topological polar surface area (TPSA) is 39.2 Å². The highest BCUT2D eigenvalue weighted by Gasteiger charge is 2.11. The molecule has 0 fully saturated rings. The van der Waals surface area contributed by atoms with Gasteiger partial charge in [-0.25, -0.2) is 9.78 Å². The fraction of sp³-hybridized carbons (Fsp3) is 0.231. The number of carbonyl (C=O) groups excluding carboxylic acids is 1. The van der Waals surface area contributed by atoms with E-state index in [9.17, 15) is 4.79 Å². The molecule has 0 spiro atoms. The van der Waals surface area contributed by atoms with E-state index in [1.54, 1.807) is 22.9 Å². The zero-order valence-electron chi connectivity index (χ0n) is 9.85. The number of thiazole rings is 1. The summed E-state index contributed by atoms with van der Waals surface area (Å²) < 4.78 is 6.00. The van der Waals surface area contributed by atoms with Crippen LogP contribution in [-0.2, 0) is 11.2 Å². The largest absolute Gasteiger partial charge is 0.462 e. The van der Waals surface area contributed by atoms with Crippen molar-refractivity contribution in [2.24, 2.45) is 0 Å². The molecule has 0 radical (unpaired) electrons. The number of esters is 1. The molecule has 0 N–H and O–H groups in total. The van der Waals surface area contributed by atoms with Crippen molar-refractivity contribution < 1.29 is 9.53 Å². The summed E-state index contributed by atoms with van der Waals surface area (Å²) in [5.74, 6) is -0.301. The number of hydrogen-bond donors (Lipinski definition) is 0. The van der Waals surface area contributed by atoms with Gasteiger partial charge in [-0.2, -0.15) is 0 Å². The van der Waals surface area contributed by atoms with Gasteiger partial charge in [0.05, 0.1) is 23.4 Å². The number of benzene rings is 1. The Labute approximate surface area is 118 Å². The molecule has 1 heterocycles. The molecule has 0 saturated carbocycles. The Bertz CT molecular complexity index is 553. The van der Waals surface area contributed by atoms with E-state index >= 15 is 0 Å². The molecule has 5 heteroatoms. The molecule has 0 aliphatic carbocycles. The fourth-order valence-corrected chi connectivity index (χ4v) is 2.72. The summed E-state index contributed by atoms with van der Waals surface area (Å²) in [5.41, 5.74) is 3.37. The molecular formula is C13H12BrNO2S. The lowest BCUT2D eigenvalue weighted by atomic mass is 10.2. The molecule has 94 valence electrons. The number of nitrogens with zero attached hydrogens (tertiary/aromatic N) is 1. The van der Waals surface area contributed by atoms with Gasteiger partial charge in [-0.15, -0.1) is 11.3 Å². The number of aromatic nitrogens is 1. The van der Waals surface area contributed by atoms with E-state index in [-0.39, 0.29) is 5.97 Å². The van der Waals surface area contributed by atoms with Crippen LogP contribution in [0.4, 0.5) is 0 Å². The first-order valence-electron chi connectivity index (χ1n) is 5.49. The van der Waals surface area contributed by atoms with Gasteiger partial charge in [0.2, 0.25) is 0 Å². The highest BCUT2D eigenvalue weighted by molar-refractivity contribution is 9.10. The Morgan fingerprint density at radius 3 is 2.89 bits per heavy atom. The van der Waals surface area contributed by atoms with Gasteiger partial charge >= 0.3 is 5.97 Å². The number of rotatable bonds is 4. The summed E-state index contributed by atoms with van der Waals surface area (Å²) in [6.07, 6.45) is 0.715. The predicted octanol–water partition coefficient (Wildman–Crippen LogP) is 3.61. The third kappa shape index (κ3) is 3.17. The van der Waals surface area contributed by atoms with E-state index in [1.807, 2.05) is 25.1 Å². The summed E-state index contributed by atoms with van der Waals surface area (Å²) >= 11 is 4.92. The Morgan fingerprint density at radius 1 is 1.44 bits per heavy atom. The Balaban J connectivity index is 1.90. The van der Waals surface area contributed by atoms with Gasteiger partial charge in [0, 0.05) is 15.8 Å². The van der Waals surface area contributed by atoms with Crippen LogP contribution in [0.5, 0.6) is 0 Å². The van der Waals surface area contributed by atoms with Crippen molar-refractivity contribution in [1.82, 2.24) is 4.98 Å². The molecule has 0 bridgehead atoms. The standard InChI is InChI=1S/C13H12BrNO2S/c1-9-12(18-8-15-9)6-7-17-13(16)10-4-2-3-5-11(10)14/h2-5,8H,6-7H2,1H3. The number of hydrogen-bond acceptors (Lipinski definition) is 4. The molecule has 1 aromatic heterocycles. The average molecular weight is 326 g/mol. The first-order chi connectivity index (χ1) is 8.68. The molecule has 0 aliphatic heterocycles. The van der Waals surface area contributed by atoms with Gasteiger partial charge < -0.3 is 4.74 Å². The number of halogens is 1. The first kappa shape index (κ1) is 13.2. The zero-order valence-corrected chi connectivity index (χ0v) is 12.3. The van der Waals surface area contributed by atoms with Crippen LogP contribution in [-0.4, -0.2) is 17.6 Å². The van der Waals surface area contributed by atoms with E-state index in [4.69, 9.17) is 4.74 Å². The van der Waals surface area contributed by atoms with E-state index < -0.39 is 0 Å². The molecule has 18 heavy (non-hydrogen) atoms. The predicted molar refractivity (Wildman–Crippen MR) is 75.0 cm³/mol. The maximum absolute atomic E-state index is 11.8. The van der Waals surface area contributed by atoms with E-state index in [2.05, 4.69) is 20.9 Å². The number of aryl methyl sites for hydroxylation is 1. The van der Waals surface area contributed by atoms with Crippen molar-refractivity contribution in [3.05, 3.63) is 50.4 Å². The molecular weight excluding hydrogens is 314 g/mol. The van der Waals surface area contributed by atoms with Crippen LogP contribution in [0.3, 0.4) is 0 Å². The Morgan fingerprint density at radius 2 is 2.22 bits per heavy atom. The van der Waals surface area contributed by atoms with Crippen LogP contribution < -0.4 is 0 Å². The maximum atomic E-state index is 11.8. The minimum atomic E-state index is -0.301. The molecule has 0 aliphatic rings. The zero-order chi connectivity index (χ0) is 13.0. The molecule has 0 unspecified atom stereocenters. The Hall–Kier alpha value is -1.20. The third-order valence-electron chi connectivity index (χ3n) is 2.50. The lowest BCUT2D eigenvalue weighted by molar-refractivity contribution is 0.0508. The number of carbonyl (C=O) groups is 1. The van der Waals surface area contributed by atoms with Gasteiger partial charge in [-0.1, -0.05) is 12.1 Å². The first-order valence-corrected chi connectivity index (χ1v) is 7.16. The lowest BCUT2D eigenvalue weighted by Gasteiger charge is -2.05. The second-order valence-corrected chi connectivity index (χ2v) is 5.52. The van der Waals surface area contributed by atoms with Crippen LogP contribution >= 0.6 is 27.3 Å². The molecule has 1 aromatic carbocycles. The van der Waals surface area contributed by atoms with Gasteiger partial charge in [-0.3, -0.25) is 0 Å². The average Bonchev–Trinajstić information content (AvgIpc) is 2.75.